The SMILES string of the molecule is CCCNC(=O)[C@H](CCC1CCCCC1)NC(=O)c1ccc(CNC(=O)c2cnn(-c3ccccc3)c2N)cc1. The van der Waals surface area contributed by atoms with E-state index in [1.807, 2.05) is 37.3 Å². The largest absolute Gasteiger partial charge is 0.383 e. The molecule has 1 aromatic heterocycles. The van der Waals surface area contributed by atoms with Gasteiger partial charge in [0, 0.05) is 18.7 Å². The average Bonchev–Trinajstić information content (AvgIpc) is 3.39. The highest BCUT2D eigenvalue weighted by Crippen LogP contribution is 2.28. The van der Waals surface area contributed by atoms with Crippen LogP contribution in [0.25, 0.3) is 5.69 Å². The molecule has 4 rings (SSSR count). The molecule has 1 heterocycles. The summed E-state index contributed by atoms with van der Waals surface area (Å²) in [5, 5.41) is 13.0. The van der Waals surface area contributed by atoms with Crippen LogP contribution in [0.3, 0.4) is 0 Å². The van der Waals surface area contributed by atoms with Gasteiger partial charge in [-0.1, -0.05) is 69.4 Å². The molecule has 0 radical (unpaired) electrons. The molecular weight excluding hydrogens is 504 g/mol. The van der Waals surface area contributed by atoms with Gasteiger partial charge in [0.25, 0.3) is 11.8 Å². The number of hydrogen-bond donors (Lipinski definition) is 4. The smallest absolute Gasteiger partial charge is 0.256 e. The number of anilines is 1. The van der Waals surface area contributed by atoms with Gasteiger partial charge in [-0.2, -0.15) is 5.10 Å². The fourth-order valence-electron chi connectivity index (χ4n) is 5.12. The van der Waals surface area contributed by atoms with Crippen LogP contribution in [0, 0.1) is 5.92 Å². The van der Waals surface area contributed by atoms with E-state index < -0.39 is 6.04 Å². The minimum absolute atomic E-state index is 0.125. The van der Waals surface area contributed by atoms with E-state index in [1.165, 1.54) is 43.0 Å². The number of carbonyl (C=O) groups excluding carboxylic acids is 3. The summed E-state index contributed by atoms with van der Waals surface area (Å²) in [4.78, 5) is 38.6. The van der Waals surface area contributed by atoms with Gasteiger partial charge in [0.05, 0.1) is 11.9 Å². The van der Waals surface area contributed by atoms with Crippen molar-refractivity contribution < 1.29 is 14.4 Å². The van der Waals surface area contributed by atoms with Crippen molar-refractivity contribution in [2.75, 3.05) is 12.3 Å². The molecule has 0 aliphatic heterocycles. The zero-order chi connectivity index (χ0) is 28.3. The number of amides is 3. The van der Waals surface area contributed by atoms with Gasteiger partial charge >= 0.3 is 0 Å². The van der Waals surface area contributed by atoms with Crippen LogP contribution in [0.15, 0.2) is 60.8 Å². The highest BCUT2D eigenvalue weighted by Gasteiger charge is 2.23. The minimum Gasteiger partial charge on any atom is -0.383 e. The molecule has 9 heteroatoms. The maximum absolute atomic E-state index is 13.0. The number of nitrogens with two attached hydrogens (primary N) is 1. The molecule has 1 aliphatic rings. The normalized spacial score (nSPS) is 14.3. The summed E-state index contributed by atoms with van der Waals surface area (Å²) in [6.45, 7) is 2.86. The second kappa shape index (κ2) is 14.3. The summed E-state index contributed by atoms with van der Waals surface area (Å²) in [6, 6.07) is 15.8. The Hall–Kier alpha value is -4.14. The first-order chi connectivity index (χ1) is 19.5. The number of aromatic nitrogens is 2. The molecule has 9 nitrogen and oxygen atoms in total. The van der Waals surface area contributed by atoms with Gasteiger partial charge in [0.2, 0.25) is 5.91 Å². The molecule has 212 valence electrons. The molecule has 0 spiro atoms. The van der Waals surface area contributed by atoms with Crippen molar-refractivity contribution in [2.45, 2.75) is 70.9 Å². The number of nitrogens with one attached hydrogen (secondary N) is 3. The zero-order valence-corrected chi connectivity index (χ0v) is 23.2. The van der Waals surface area contributed by atoms with Crippen LogP contribution in [0.4, 0.5) is 5.82 Å². The molecule has 1 fully saturated rings. The Morgan fingerprint density at radius 1 is 0.975 bits per heavy atom. The summed E-state index contributed by atoms with van der Waals surface area (Å²) in [7, 11) is 0. The van der Waals surface area contributed by atoms with Crippen molar-refractivity contribution >= 4 is 23.5 Å². The highest BCUT2D eigenvalue weighted by atomic mass is 16.2. The van der Waals surface area contributed by atoms with Crippen molar-refractivity contribution in [3.05, 3.63) is 77.5 Å². The quantitative estimate of drug-likeness (QED) is 0.269. The lowest BCUT2D eigenvalue weighted by Crippen LogP contribution is -2.47. The second-order valence-corrected chi connectivity index (χ2v) is 10.5. The Kier molecular flexibility index (Phi) is 10.3. The number of nitrogens with zero attached hydrogens (tertiary/aromatic N) is 2. The van der Waals surface area contributed by atoms with E-state index in [9.17, 15) is 14.4 Å². The van der Waals surface area contributed by atoms with Crippen LogP contribution >= 0.6 is 0 Å². The van der Waals surface area contributed by atoms with E-state index in [4.69, 9.17) is 5.73 Å². The first kappa shape index (κ1) is 28.9. The molecule has 3 amide bonds. The predicted octanol–water partition coefficient (Wildman–Crippen LogP) is 4.37. The maximum atomic E-state index is 13.0. The summed E-state index contributed by atoms with van der Waals surface area (Å²) >= 11 is 0. The Bertz CT molecular complexity index is 1270. The maximum Gasteiger partial charge on any atom is 0.256 e. The zero-order valence-electron chi connectivity index (χ0n) is 23.2. The molecule has 0 bridgehead atoms. The molecule has 0 saturated heterocycles. The standard InChI is InChI=1S/C31H40N6O3/c1-2-19-33-31(40)27(18-15-22-9-5-3-6-10-22)36-29(38)24-16-13-23(14-17-24)20-34-30(39)26-21-35-37(28(26)32)25-11-7-4-8-12-25/h4,7-8,11-14,16-17,21-22,27H,2-3,5-6,9-10,15,18-20,32H2,1H3,(H,33,40)(H,34,39)(H,36,38)/t27-/m0/s1. The first-order valence-electron chi connectivity index (χ1n) is 14.3. The number of benzene rings is 2. The van der Waals surface area contributed by atoms with Gasteiger partial charge in [0.1, 0.15) is 17.4 Å². The molecular formula is C31H40N6O3. The summed E-state index contributed by atoms with van der Waals surface area (Å²) in [6.07, 6.45) is 10.1. The third-order valence-corrected chi connectivity index (χ3v) is 7.48. The topological polar surface area (TPSA) is 131 Å². The van der Waals surface area contributed by atoms with Crippen molar-refractivity contribution in [1.82, 2.24) is 25.7 Å². The number of para-hydroxylation sites is 1. The van der Waals surface area contributed by atoms with E-state index in [0.717, 1.165) is 24.1 Å². The monoisotopic (exact) mass is 544 g/mol. The number of carbonyl (C=O) groups is 3. The highest BCUT2D eigenvalue weighted by molar-refractivity contribution is 5.99. The molecule has 1 atom stereocenters. The van der Waals surface area contributed by atoms with Crippen LogP contribution < -0.4 is 21.7 Å². The van der Waals surface area contributed by atoms with Gasteiger partial charge in [0.15, 0.2) is 0 Å². The van der Waals surface area contributed by atoms with E-state index >= 15 is 0 Å². The van der Waals surface area contributed by atoms with Crippen molar-refractivity contribution in [3.63, 3.8) is 0 Å². The summed E-state index contributed by atoms with van der Waals surface area (Å²) < 4.78 is 1.52. The Balaban J connectivity index is 1.32. The van der Waals surface area contributed by atoms with Gasteiger partial charge in [-0.15, -0.1) is 0 Å². The predicted molar refractivity (Wildman–Crippen MR) is 156 cm³/mol. The number of rotatable bonds is 12. The Labute approximate surface area is 235 Å². The Morgan fingerprint density at radius 3 is 2.40 bits per heavy atom. The molecule has 0 unspecified atom stereocenters. The molecule has 40 heavy (non-hydrogen) atoms. The third kappa shape index (κ3) is 7.71. The molecule has 2 aromatic carbocycles. The van der Waals surface area contributed by atoms with Crippen LogP contribution in [-0.2, 0) is 11.3 Å². The second-order valence-electron chi connectivity index (χ2n) is 10.5. The third-order valence-electron chi connectivity index (χ3n) is 7.48. The van der Waals surface area contributed by atoms with E-state index in [1.54, 1.807) is 24.3 Å². The van der Waals surface area contributed by atoms with Crippen LogP contribution in [-0.4, -0.2) is 40.1 Å². The number of hydrogen-bond acceptors (Lipinski definition) is 5. The lowest BCUT2D eigenvalue weighted by molar-refractivity contribution is -0.123. The minimum atomic E-state index is -0.554. The van der Waals surface area contributed by atoms with Crippen LogP contribution in [0.2, 0.25) is 0 Å². The molecule has 3 aromatic rings. The van der Waals surface area contributed by atoms with Gasteiger partial charge < -0.3 is 21.7 Å². The fraction of sp³-hybridized carbons (Fsp3) is 0.419. The van der Waals surface area contributed by atoms with Crippen molar-refractivity contribution in [1.29, 1.82) is 0 Å². The van der Waals surface area contributed by atoms with Gasteiger partial charge in [-0.25, -0.2) is 4.68 Å². The lowest BCUT2D eigenvalue weighted by atomic mass is 9.85. The molecule has 5 N–H and O–H groups in total. The summed E-state index contributed by atoms with van der Waals surface area (Å²) in [5.74, 6) is 0.152. The lowest BCUT2D eigenvalue weighted by Gasteiger charge is -2.24. The average molecular weight is 545 g/mol. The van der Waals surface area contributed by atoms with Crippen molar-refractivity contribution in [3.8, 4) is 5.69 Å². The van der Waals surface area contributed by atoms with Gasteiger partial charge in [-0.3, -0.25) is 14.4 Å². The number of nitrogen functional groups attached to an aromatic ring is 1. The Morgan fingerprint density at radius 2 is 1.70 bits per heavy atom. The molecule has 1 aliphatic carbocycles. The van der Waals surface area contributed by atoms with Crippen molar-refractivity contribution in [2.24, 2.45) is 5.92 Å². The van der Waals surface area contributed by atoms with Crippen LogP contribution in [0.5, 0.6) is 0 Å². The van der Waals surface area contributed by atoms with E-state index in [0.29, 0.717) is 30.0 Å². The van der Waals surface area contributed by atoms with E-state index in [2.05, 4.69) is 21.0 Å². The van der Waals surface area contributed by atoms with E-state index in [-0.39, 0.29) is 30.1 Å². The first-order valence-corrected chi connectivity index (χ1v) is 14.3. The van der Waals surface area contributed by atoms with Crippen LogP contribution in [0.1, 0.15) is 84.6 Å². The summed E-state index contributed by atoms with van der Waals surface area (Å²) in [5.41, 5.74) is 8.53. The van der Waals surface area contributed by atoms with Gasteiger partial charge in [-0.05, 0) is 55.0 Å². The molecule has 1 saturated carbocycles. The fourth-order valence-corrected chi connectivity index (χ4v) is 5.12.